The molecule has 1 aliphatic rings. The highest BCUT2D eigenvalue weighted by Crippen LogP contribution is 2.36. The van der Waals surface area contributed by atoms with Gasteiger partial charge in [-0.05, 0) is 37.0 Å². The molecule has 6 nitrogen and oxygen atoms in total. The summed E-state index contributed by atoms with van der Waals surface area (Å²) < 4.78 is 7.69. The van der Waals surface area contributed by atoms with Gasteiger partial charge in [-0.3, -0.25) is 4.79 Å². The summed E-state index contributed by atoms with van der Waals surface area (Å²) in [4.78, 5) is 15.4. The number of hydrogen-bond acceptors (Lipinski definition) is 5. The number of para-hydroxylation sites is 1. The van der Waals surface area contributed by atoms with Gasteiger partial charge in [0.05, 0.1) is 5.02 Å². The Labute approximate surface area is 191 Å². The van der Waals surface area contributed by atoms with Crippen LogP contribution < -0.4 is 4.74 Å². The summed E-state index contributed by atoms with van der Waals surface area (Å²) in [6.45, 7) is 1.88. The quantitative estimate of drug-likeness (QED) is 0.473. The van der Waals surface area contributed by atoms with E-state index in [2.05, 4.69) is 10.2 Å². The average Bonchev–Trinajstić information content (AvgIpc) is 3.16. The second kappa shape index (κ2) is 10.2. The van der Waals surface area contributed by atoms with E-state index in [1.165, 1.54) is 18.2 Å². The second-order valence-corrected chi connectivity index (χ2v) is 8.95. The summed E-state index contributed by atoms with van der Waals surface area (Å²) in [5, 5.41) is 9.48. The Morgan fingerprint density at radius 2 is 1.77 bits per heavy atom. The summed E-state index contributed by atoms with van der Waals surface area (Å²) in [6.07, 6.45) is 3.31. The van der Waals surface area contributed by atoms with Crippen LogP contribution in [0.15, 0.2) is 59.8 Å². The molecule has 1 aromatic heterocycles. The summed E-state index contributed by atoms with van der Waals surface area (Å²) in [6, 6.07) is 17.2. The van der Waals surface area contributed by atoms with Crippen LogP contribution in [0.25, 0.3) is 0 Å². The van der Waals surface area contributed by atoms with Gasteiger partial charge in [-0.2, -0.15) is 0 Å². The highest BCUT2D eigenvalue weighted by Gasteiger charge is 2.29. The number of thioether (sulfide) groups is 1. The van der Waals surface area contributed by atoms with Crippen molar-refractivity contribution < 1.29 is 9.53 Å². The van der Waals surface area contributed by atoms with Gasteiger partial charge in [0.15, 0.2) is 11.0 Å². The Bertz CT molecular complexity index is 1020. The van der Waals surface area contributed by atoms with Crippen LogP contribution >= 0.6 is 23.4 Å². The van der Waals surface area contributed by atoms with E-state index >= 15 is 0 Å². The van der Waals surface area contributed by atoms with Crippen molar-refractivity contribution in [2.45, 2.75) is 36.3 Å². The SMILES string of the molecule is Cn1c(COc2ccccc2Cl)nnc1SC(C(=O)N1CCCCC1)c1ccccc1. The van der Waals surface area contributed by atoms with Gasteiger partial charge in [0.25, 0.3) is 0 Å². The Kier molecular flexibility index (Phi) is 7.14. The van der Waals surface area contributed by atoms with Crippen LogP contribution in [-0.4, -0.2) is 38.7 Å². The molecule has 1 unspecified atom stereocenters. The van der Waals surface area contributed by atoms with Crippen molar-refractivity contribution in [2.75, 3.05) is 13.1 Å². The van der Waals surface area contributed by atoms with Crippen LogP contribution in [0.1, 0.15) is 35.9 Å². The molecule has 0 radical (unpaired) electrons. The minimum atomic E-state index is -0.362. The molecule has 4 rings (SSSR count). The molecule has 1 aliphatic heterocycles. The van der Waals surface area contributed by atoms with E-state index in [1.54, 1.807) is 6.07 Å². The van der Waals surface area contributed by atoms with Crippen LogP contribution in [0, 0.1) is 0 Å². The second-order valence-electron chi connectivity index (χ2n) is 7.47. The average molecular weight is 457 g/mol. The molecule has 0 aliphatic carbocycles. The topological polar surface area (TPSA) is 60.2 Å². The largest absolute Gasteiger partial charge is 0.484 e. The van der Waals surface area contributed by atoms with Gasteiger partial charge >= 0.3 is 0 Å². The van der Waals surface area contributed by atoms with Gasteiger partial charge < -0.3 is 14.2 Å². The predicted molar refractivity (Wildman–Crippen MR) is 122 cm³/mol. The summed E-state index contributed by atoms with van der Waals surface area (Å²) in [5.41, 5.74) is 0.972. The van der Waals surface area contributed by atoms with E-state index in [4.69, 9.17) is 16.3 Å². The number of nitrogens with zero attached hydrogens (tertiary/aromatic N) is 4. The number of rotatable bonds is 7. The molecule has 1 fully saturated rings. The lowest BCUT2D eigenvalue weighted by Gasteiger charge is -2.30. The fourth-order valence-corrected chi connectivity index (χ4v) is 4.85. The minimum absolute atomic E-state index is 0.132. The Balaban J connectivity index is 1.52. The third-order valence-electron chi connectivity index (χ3n) is 5.34. The number of hydrogen-bond donors (Lipinski definition) is 0. The molecular weight excluding hydrogens is 432 g/mol. The van der Waals surface area contributed by atoms with E-state index in [1.807, 2.05) is 65.0 Å². The molecule has 1 atom stereocenters. The molecule has 0 bridgehead atoms. The number of ether oxygens (including phenoxy) is 1. The number of aromatic nitrogens is 3. The van der Waals surface area contributed by atoms with Crippen LogP contribution in [0.2, 0.25) is 5.02 Å². The fourth-order valence-electron chi connectivity index (χ4n) is 3.55. The van der Waals surface area contributed by atoms with E-state index in [9.17, 15) is 4.79 Å². The number of piperidine rings is 1. The molecule has 8 heteroatoms. The number of benzene rings is 2. The summed E-state index contributed by atoms with van der Waals surface area (Å²) >= 11 is 7.60. The van der Waals surface area contributed by atoms with Crippen LogP contribution in [-0.2, 0) is 18.4 Å². The molecule has 3 aromatic rings. The van der Waals surface area contributed by atoms with Crippen LogP contribution in [0.3, 0.4) is 0 Å². The van der Waals surface area contributed by atoms with Gasteiger partial charge in [0, 0.05) is 20.1 Å². The van der Waals surface area contributed by atoms with Crippen molar-refractivity contribution in [1.29, 1.82) is 0 Å². The summed E-state index contributed by atoms with van der Waals surface area (Å²) in [5.74, 6) is 1.40. The normalized spacial score (nSPS) is 15.0. The number of carbonyl (C=O) groups excluding carboxylic acids is 1. The van der Waals surface area contributed by atoms with Crippen molar-refractivity contribution in [3.8, 4) is 5.75 Å². The van der Waals surface area contributed by atoms with Crippen LogP contribution in [0.4, 0.5) is 0 Å². The van der Waals surface area contributed by atoms with Crippen molar-refractivity contribution in [3.63, 3.8) is 0 Å². The third kappa shape index (κ3) is 5.22. The van der Waals surface area contributed by atoms with Gasteiger partial charge in [-0.25, -0.2) is 0 Å². The fraction of sp³-hybridized carbons (Fsp3) is 0.348. The maximum absolute atomic E-state index is 13.4. The van der Waals surface area contributed by atoms with E-state index in [-0.39, 0.29) is 17.8 Å². The number of amides is 1. The van der Waals surface area contributed by atoms with E-state index in [0.29, 0.717) is 21.8 Å². The first-order valence-electron chi connectivity index (χ1n) is 10.4. The molecule has 162 valence electrons. The standard InChI is InChI=1S/C23H25ClN4O2S/c1-27-20(16-30-19-13-7-6-12-18(19)24)25-26-23(27)31-21(17-10-4-2-5-11-17)22(29)28-14-8-3-9-15-28/h2,4-7,10-13,21H,3,8-9,14-16H2,1H3. The van der Waals surface area contributed by atoms with Gasteiger partial charge in [0.1, 0.15) is 17.6 Å². The Hall–Kier alpha value is -2.51. The highest BCUT2D eigenvalue weighted by molar-refractivity contribution is 8.00. The van der Waals surface area contributed by atoms with E-state index < -0.39 is 0 Å². The zero-order valence-electron chi connectivity index (χ0n) is 17.4. The molecular formula is C23H25ClN4O2S. The smallest absolute Gasteiger partial charge is 0.240 e. The van der Waals surface area contributed by atoms with Gasteiger partial charge in [-0.15, -0.1) is 10.2 Å². The first kappa shape index (κ1) is 21.7. The molecule has 0 saturated carbocycles. The van der Waals surface area contributed by atoms with Gasteiger partial charge in [0.2, 0.25) is 5.91 Å². The molecule has 0 spiro atoms. The van der Waals surface area contributed by atoms with Crippen molar-refractivity contribution in [2.24, 2.45) is 7.05 Å². The lowest BCUT2D eigenvalue weighted by Crippen LogP contribution is -2.38. The lowest BCUT2D eigenvalue weighted by atomic mass is 10.1. The Morgan fingerprint density at radius 3 is 2.52 bits per heavy atom. The molecule has 1 amide bonds. The van der Waals surface area contributed by atoms with Crippen LogP contribution in [0.5, 0.6) is 5.75 Å². The first-order chi connectivity index (χ1) is 15.1. The van der Waals surface area contributed by atoms with Crippen molar-refractivity contribution >= 4 is 29.3 Å². The highest BCUT2D eigenvalue weighted by atomic mass is 35.5. The molecule has 1 saturated heterocycles. The third-order valence-corrected chi connectivity index (χ3v) is 6.92. The first-order valence-corrected chi connectivity index (χ1v) is 11.6. The molecule has 2 aromatic carbocycles. The zero-order valence-corrected chi connectivity index (χ0v) is 19.0. The maximum atomic E-state index is 13.4. The number of carbonyl (C=O) groups is 1. The van der Waals surface area contributed by atoms with Crippen molar-refractivity contribution in [3.05, 3.63) is 71.0 Å². The monoisotopic (exact) mass is 456 g/mol. The molecule has 0 N–H and O–H groups in total. The zero-order chi connectivity index (χ0) is 21.6. The molecule has 31 heavy (non-hydrogen) atoms. The Morgan fingerprint density at radius 1 is 1.06 bits per heavy atom. The summed E-state index contributed by atoms with van der Waals surface area (Å²) in [7, 11) is 1.89. The predicted octanol–water partition coefficient (Wildman–Crippen LogP) is 4.89. The van der Waals surface area contributed by atoms with Crippen molar-refractivity contribution in [1.82, 2.24) is 19.7 Å². The number of likely N-dealkylation sites (tertiary alicyclic amines) is 1. The van der Waals surface area contributed by atoms with Gasteiger partial charge in [-0.1, -0.05) is 65.8 Å². The lowest BCUT2D eigenvalue weighted by molar-refractivity contribution is -0.131. The number of halogens is 1. The van der Waals surface area contributed by atoms with E-state index in [0.717, 1.165) is 31.5 Å². The molecule has 2 heterocycles. The maximum Gasteiger partial charge on any atom is 0.240 e. The minimum Gasteiger partial charge on any atom is -0.484 e.